The second kappa shape index (κ2) is 5.44. The summed E-state index contributed by atoms with van der Waals surface area (Å²) in [5, 5.41) is 0.940. The highest BCUT2D eigenvalue weighted by Gasteiger charge is 2.25. The second-order valence-electron chi connectivity index (χ2n) is 5.21. The van der Waals surface area contributed by atoms with Gasteiger partial charge < -0.3 is 4.90 Å². The molecule has 2 aromatic rings. The summed E-state index contributed by atoms with van der Waals surface area (Å²) in [4.78, 5) is 6.58. The van der Waals surface area contributed by atoms with E-state index < -0.39 is 11.6 Å². The average molecular weight is 295 g/mol. The first-order valence-electron chi connectivity index (χ1n) is 6.60. The van der Waals surface area contributed by atoms with Crippen LogP contribution in [-0.2, 0) is 6.42 Å². The molecule has 1 aliphatic heterocycles. The van der Waals surface area contributed by atoms with Crippen LogP contribution in [0.3, 0.4) is 0 Å². The molecule has 1 saturated heterocycles. The summed E-state index contributed by atoms with van der Waals surface area (Å²) < 4.78 is 30.5. The minimum Gasteiger partial charge on any atom is -0.347 e. The van der Waals surface area contributed by atoms with Crippen LogP contribution in [-0.4, -0.2) is 22.4 Å². The van der Waals surface area contributed by atoms with Crippen molar-refractivity contribution in [2.45, 2.75) is 19.8 Å². The number of rotatable bonds is 3. The molecule has 0 bridgehead atoms. The maximum Gasteiger partial charge on any atom is 0.205 e. The minimum absolute atomic E-state index is 0.403. The standard InChI is InChI=1S/C14H15F2N3S/c1-9-17-14(20-18-9)19-3-2-10(8-19)4-11-5-12(15)7-13(16)6-11/h5-7,10H,2-4,8H2,1H3. The van der Waals surface area contributed by atoms with Gasteiger partial charge in [-0.1, -0.05) is 0 Å². The maximum atomic E-state index is 13.2. The Kier molecular flexibility index (Phi) is 3.65. The van der Waals surface area contributed by atoms with E-state index in [2.05, 4.69) is 14.3 Å². The number of halogens is 2. The first-order valence-corrected chi connectivity index (χ1v) is 7.38. The van der Waals surface area contributed by atoms with Gasteiger partial charge >= 0.3 is 0 Å². The van der Waals surface area contributed by atoms with Crippen LogP contribution >= 0.6 is 11.5 Å². The largest absolute Gasteiger partial charge is 0.347 e. The third kappa shape index (κ3) is 2.95. The molecular weight excluding hydrogens is 280 g/mol. The van der Waals surface area contributed by atoms with Gasteiger partial charge in [0.2, 0.25) is 5.13 Å². The normalized spacial score (nSPS) is 18.8. The number of aromatic nitrogens is 2. The fourth-order valence-corrected chi connectivity index (χ4v) is 3.36. The predicted molar refractivity (Wildman–Crippen MR) is 75.0 cm³/mol. The van der Waals surface area contributed by atoms with Crippen LogP contribution < -0.4 is 4.90 Å². The summed E-state index contributed by atoms with van der Waals surface area (Å²) in [5.41, 5.74) is 0.725. The Bertz CT molecular complexity index is 594. The fourth-order valence-electron chi connectivity index (χ4n) is 2.65. The third-order valence-corrected chi connectivity index (χ3v) is 4.39. The molecule has 0 radical (unpaired) electrons. The molecule has 1 aromatic carbocycles. The molecule has 1 unspecified atom stereocenters. The lowest BCUT2D eigenvalue weighted by molar-refractivity contribution is 0.558. The molecule has 106 valence electrons. The van der Waals surface area contributed by atoms with Crippen LogP contribution in [0.5, 0.6) is 0 Å². The summed E-state index contributed by atoms with van der Waals surface area (Å²) in [6, 6.07) is 3.75. The van der Waals surface area contributed by atoms with Gasteiger partial charge in [0, 0.05) is 30.7 Å². The molecule has 20 heavy (non-hydrogen) atoms. The molecule has 0 saturated carbocycles. The molecule has 0 amide bonds. The Labute approximate surface area is 120 Å². The van der Waals surface area contributed by atoms with E-state index in [1.54, 1.807) is 0 Å². The van der Waals surface area contributed by atoms with Gasteiger partial charge in [0.15, 0.2) is 0 Å². The first kappa shape index (κ1) is 13.4. The lowest BCUT2D eigenvalue weighted by Crippen LogP contribution is -2.20. The molecule has 0 spiro atoms. The van der Waals surface area contributed by atoms with Crippen molar-refractivity contribution in [2.75, 3.05) is 18.0 Å². The molecule has 2 heterocycles. The summed E-state index contributed by atoms with van der Waals surface area (Å²) in [5.74, 6) is 0.185. The highest BCUT2D eigenvalue weighted by molar-refractivity contribution is 7.09. The van der Waals surface area contributed by atoms with E-state index in [9.17, 15) is 8.78 Å². The van der Waals surface area contributed by atoms with Crippen molar-refractivity contribution in [1.29, 1.82) is 0 Å². The number of aryl methyl sites for hydroxylation is 1. The number of nitrogens with zero attached hydrogens (tertiary/aromatic N) is 3. The summed E-state index contributed by atoms with van der Waals surface area (Å²) >= 11 is 1.40. The fraction of sp³-hybridized carbons (Fsp3) is 0.429. The molecule has 0 aliphatic carbocycles. The quantitative estimate of drug-likeness (QED) is 0.871. The highest BCUT2D eigenvalue weighted by atomic mass is 32.1. The summed E-state index contributed by atoms with van der Waals surface area (Å²) in [6.45, 7) is 3.67. The molecule has 3 rings (SSSR count). The first-order chi connectivity index (χ1) is 9.60. The van der Waals surface area contributed by atoms with Crippen LogP contribution in [0.2, 0.25) is 0 Å². The maximum absolute atomic E-state index is 13.2. The van der Waals surface area contributed by atoms with E-state index in [1.807, 2.05) is 6.92 Å². The lowest BCUT2D eigenvalue weighted by atomic mass is 9.98. The van der Waals surface area contributed by atoms with Gasteiger partial charge in [-0.15, -0.1) is 0 Å². The van der Waals surface area contributed by atoms with Gasteiger partial charge in [-0.2, -0.15) is 4.37 Å². The molecule has 3 nitrogen and oxygen atoms in total. The van der Waals surface area contributed by atoms with E-state index in [0.717, 1.165) is 42.1 Å². The third-order valence-electron chi connectivity index (χ3n) is 3.52. The van der Waals surface area contributed by atoms with Crippen molar-refractivity contribution in [3.8, 4) is 0 Å². The second-order valence-corrected chi connectivity index (χ2v) is 5.94. The van der Waals surface area contributed by atoms with Gasteiger partial charge in [-0.05, 0) is 43.4 Å². The van der Waals surface area contributed by atoms with E-state index >= 15 is 0 Å². The SMILES string of the molecule is Cc1nsc(N2CCC(Cc3cc(F)cc(F)c3)C2)n1. The zero-order valence-electron chi connectivity index (χ0n) is 11.1. The van der Waals surface area contributed by atoms with Crippen LogP contribution in [0.4, 0.5) is 13.9 Å². The van der Waals surface area contributed by atoms with Gasteiger partial charge in [0.25, 0.3) is 0 Å². The molecule has 0 N–H and O–H groups in total. The Morgan fingerprint density at radius 3 is 2.70 bits per heavy atom. The Morgan fingerprint density at radius 2 is 2.05 bits per heavy atom. The van der Waals surface area contributed by atoms with Gasteiger partial charge in [0.05, 0.1) is 0 Å². The van der Waals surface area contributed by atoms with Crippen molar-refractivity contribution in [1.82, 2.24) is 9.36 Å². The monoisotopic (exact) mass is 295 g/mol. The predicted octanol–water partition coefficient (Wildman–Crippen LogP) is 3.19. The number of hydrogen-bond donors (Lipinski definition) is 0. The van der Waals surface area contributed by atoms with Gasteiger partial charge in [-0.25, -0.2) is 13.8 Å². The highest BCUT2D eigenvalue weighted by Crippen LogP contribution is 2.27. The minimum atomic E-state index is -0.505. The smallest absolute Gasteiger partial charge is 0.205 e. The molecule has 6 heteroatoms. The van der Waals surface area contributed by atoms with Gasteiger partial charge in [0.1, 0.15) is 17.5 Å². The average Bonchev–Trinajstić information content (AvgIpc) is 2.96. The Morgan fingerprint density at radius 1 is 1.30 bits per heavy atom. The van der Waals surface area contributed by atoms with Gasteiger partial charge in [-0.3, -0.25) is 0 Å². The Balaban J connectivity index is 1.65. The van der Waals surface area contributed by atoms with Crippen molar-refractivity contribution in [3.05, 3.63) is 41.2 Å². The lowest BCUT2D eigenvalue weighted by Gasteiger charge is -2.14. The number of hydrogen-bond acceptors (Lipinski definition) is 4. The number of anilines is 1. The molecule has 1 aliphatic rings. The van der Waals surface area contributed by atoms with Crippen molar-refractivity contribution in [3.63, 3.8) is 0 Å². The zero-order valence-corrected chi connectivity index (χ0v) is 12.0. The zero-order chi connectivity index (χ0) is 14.1. The van der Waals surface area contributed by atoms with Crippen LogP contribution in [0.25, 0.3) is 0 Å². The van der Waals surface area contributed by atoms with Crippen molar-refractivity contribution in [2.24, 2.45) is 5.92 Å². The van der Waals surface area contributed by atoms with Crippen molar-refractivity contribution < 1.29 is 8.78 Å². The molecule has 1 aromatic heterocycles. The van der Waals surface area contributed by atoms with E-state index in [0.29, 0.717) is 12.3 Å². The summed E-state index contributed by atoms with van der Waals surface area (Å²) in [6.07, 6.45) is 1.71. The summed E-state index contributed by atoms with van der Waals surface area (Å²) in [7, 11) is 0. The molecule has 1 atom stereocenters. The number of benzene rings is 1. The van der Waals surface area contributed by atoms with E-state index in [-0.39, 0.29) is 0 Å². The topological polar surface area (TPSA) is 29.0 Å². The van der Waals surface area contributed by atoms with Crippen LogP contribution in [0.15, 0.2) is 18.2 Å². The Hall–Kier alpha value is -1.56. The van der Waals surface area contributed by atoms with Crippen LogP contribution in [0, 0.1) is 24.5 Å². The molecular formula is C14H15F2N3S. The van der Waals surface area contributed by atoms with Crippen molar-refractivity contribution >= 4 is 16.7 Å². The van der Waals surface area contributed by atoms with E-state index in [4.69, 9.17) is 0 Å². The van der Waals surface area contributed by atoms with E-state index in [1.165, 1.54) is 23.7 Å². The van der Waals surface area contributed by atoms with Crippen LogP contribution in [0.1, 0.15) is 17.8 Å². The molecule has 1 fully saturated rings.